The van der Waals surface area contributed by atoms with Crippen molar-refractivity contribution in [3.05, 3.63) is 64.8 Å². The summed E-state index contributed by atoms with van der Waals surface area (Å²) in [7, 11) is -3.81. The first-order valence-electron chi connectivity index (χ1n) is 11.2. The van der Waals surface area contributed by atoms with Crippen LogP contribution in [0.1, 0.15) is 32.4 Å². The van der Waals surface area contributed by atoms with Gasteiger partial charge >= 0.3 is 0 Å². The summed E-state index contributed by atoms with van der Waals surface area (Å²) in [6.45, 7) is -1.39. The quantitative estimate of drug-likeness (QED) is 0.215. The van der Waals surface area contributed by atoms with Crippen LogP contribution in [-0.4, -0.2) is 68.4 Å². The molecule has 1 aliphatic heterocycles. The standard InChI is InChI=1S/C22H20F2N6O6S3/c1-39(34,35)18(19-28-27-17(36-19)9-25-29-38(32)33)20-26-15-6-5-13(8-16(15)37-20)12-3-2-4-14(7-12)21(31)30-10-22(23,24)11-30/h2-8,18,25,29H,9-11H2,1H3,(H,32,33)/p-1. The van der Waals surface area contributed by atoms with E-state index in [1.54, 1.807) is 42.5 Å². The molecule has 0 spiro atoms. The maximum atomic E-state index is 13.2. The number of benzene rings is 2. The van der Waals surface area contributed by atoms with Crippen molar-refractivity contribution in [2.75, 3.05) is 19.3 Å². The van der Waals surface area contributed by atoms with Crippen molar-refractivity contribution < 1.29 is 35.2 Å². The number of sulfone groups is 1. The van der Waals surface area contributed by atoms with Gasteiger partial charge in [-0.15, -0.1) is 21.5 Å². The van der Waals surface area contributed by atoms with Gasteiger partial charge in [0.05, 0.1) is 29.9 Å². The highest BCUT2D eigenvalue weighted by atomic mass is 32.2. The Kier molecular flexibility index (Phi) is 7.29. The number of hydrogen-bond acceptors (Lipinski definition) is 11. The first kappa shape index (κ1) is 27.4. The number of hydrazine groups is 1. The van der Waals surface area contributed by atoms with Gasteiger partial charge in [-0.25, -0.2) is 27.6 Å². The summed E-state index contributed by atoms with van der Waals surface area (Å²) >= 11 is -1.46. The van der Waals surface area contributed by atoms with Crippen LogP contribution in [0, 0.1) is 0 Å². The minimum absolute atomic E-state index is 0.0450. The van der Waals surface area contributed by atoms with Gasteiger partial charge in [0.25, 0.3) is 11.8 Å². The molecule has 1 amide bonds. The molecule has 0 radical (unpaired) electrons. The molecule has 1 saturated heterocycles. The molecule has 4 aromatic rings. The topological polar surface area (TPSA) is 170 Å². The number of thiazole rings is 1. The van der Waals surface area contributed by atoms with Gasteiger partial charge in [-0.1, -0.05) is 18.2 Å². The van der Waals surface area contributed by atoms with E-state index in [4.69, 9.17) is 4.42 Å². The second kappa shape index (κ2) is 10.4. The Labute approximate surface area is 226 Å². The Morgan fingerprint density at radius 3 is 2.67 bits per heavy atom. The number of aromatic nitrogens is 3. The molecule has 2 unspecified atom stereocenters. The van der Waals surface area contributed by atoms with Gasteiger partial charge in [0.1, 0.15) is 5.01 Å². The first-order chi connectivity index (χ1) is 18.4. The predicted octanol–water partition coefficient (Wildman–Crippen LogP) is 1.96. The van der Waals surface area contributed by atoms with E-state index in [2.05, 4.69) is 20.6 Å². The number of nitrogens with one attached hydrogen (secondary N) is 2. The van der Waals surface area contributed by atoms with Crippen LogP contribution in [0.4, 0.5) is 8.78 Å². The van der Waals surface area contributed by atoms with Crippen LogP contribution < -0.4 is 10.3 Å². The van der Waals surface area contributed by atoms with Crippen molar-refractivity contribution in [3.63, 3.8) is 0 Å². The lowest BCUT2D eigenvalue weighted by atomic mass is 10.0. The lowest BCUT2D eigenvalue weighted by Crippen LogP contribution is -2.58. The van der Waals surface area contributed by atoms with Crippen molar-refractivity contribution in [2.45, 2.75) is 17.7 Å². The number of carbonyl (C=O) groups is 1. The zero-order chi connectivity index (χ0) is 27.9. The fourth-order valence-electron chi connectivity index (χ4n) is 3.99. The SMILES string of the molecule is CS(=O)(=O)C(c1nnc(CNNS(=O)[O-])o1)c1nc2ccc(-c3cccc(C(=O)N4CC(F)(F)C4)c3)cc2s1. The molecule has 1 fully saturated rings. The number of hydrogen-bond donors (Lipinski definition) is 2. The molecule has 0 aliphatic carbocycles. The van der Waals surface area contributed by atoms with Crippen LogP contribution >= 0.6 is 11.3 Å². The van der Waals surface area contributed by atoms with Crippen molar-refractivity contribution in [3.8, 4) is 11.1 Å². The zero-order valence-electron chi connectivity index (χ0n) is 20.0. The third-order valence-corrected chi connectivity index (χ3v) is 8.56. The minimum Gasteiger partial charge on any atom is -0.759 e. The molecule has 2 N–H and O–H groups in total. The summed E-state index contributed by atoms with van der Waals surface area (Å²) in [5.41, 5.74) is 4.51. The Morgan fingerprint density at radius 1 is 1.23 bits per heavy atom. The summed E-state index contributed by atoms with van der Waals surface area (Å²) in [6, 6.07) is 11.9. The first-order valence-corrected chi connectivity index (χ1v) is 15.0. The summed E-state index contributed by atoms with van der Waals surface area (Å²) in [6.07, 6.45) is 1.01. The van der Waals surface area contributed by atoms with E-state index in [9.17, 15) is 30.8 Å². The van der Waals surface area contributed by atoms with Gasteiger partial charge in [-0.05, 0) is 35.4 Å². The van der Waals surface area contributed by atoms with Crippen molar-refractivity contribution in [1.82, 2.24) is 30.3 Å². The number of alkyl halides is 2. The fraction of sp³-hybridized carbons (Fsp3) is 0.273. The van der Waals surface area contributed by atoms with Crippen LogP contribution in [0.25, 0.3) is 21.3 Å². The predicted molar refractivity (Wildman–Crippen MR) is 136 cm³/mol. The molecular formula is C22H19F2N6O6S3-. The van der Waals surface area contributed by atoms with Crippen molar-refractivity contribution >= 4 is 48.6 Å². The maximum Gasteiger partial charge on any atom is 0.282 e. The van der Waals surface area contributed by atoms with E-state index >= 15 is 0 Å². The number of halogens is 2. The summed E-state index contributed by atoms with van der Waals surface area (Å²) in [4.78, 5) is 20.0. The normalized spacial score (nSPS) is 16.7. The lowest BCUT2D eigenvalue weighted by Gasteiger charge is -2.38. The molecule has 5 rings (SSSR count). The minimum atomic E-state index is -3.81. The van der Waals surface area contributed by atoms with E-state index in [0.717, 1.165) is 22.5 Å². The molecule has 12 nitrogen and oxygen atoms in total. The van der Waals surface area contributed by atoms with Crippen LogP contribution in [0.5, 0.6) is 0 Å². The highest BCUT2D eigenvalue weighted by molar-refractivity contribution is 7.91. The number of amides is 1. The molecule has 3 heterocycles. The lowest BCUT2D eigenvalue weighted by molar-refractivity contribution is -0.113. The Morgan fingerprint density at radius 2 is 1.97 bits per heavy atom. The van der Waals surface area contributed by atoms with E-state index in [-0.39, 0.29) is 28.9 Å². The fourth-order valence-corrected chi connectivity index (χ4v) is 6.71. The van der Waals surface area contributed by atoms with E-state index in [1.807, 2.05) is 4.83 Å². The number of fused-ring (bicyclic) bond motifs is 1. The molecule has 2 atom stereocenters. The third kappa shape index (κ3) is 6.02. The molecule has 39 heavy (non-hydrogen) atoms. The van der Waals surface area contributed by atoms with Gasteiger partial charge < -0.3 is 13.9 Å². The molecule has 17 heteroatoms. The molecular weight excluding hydrogens is 578 g/mol. The Balaban J connectivity index is 1.41. The van der Waals surface area contributed by atoms with Gasteiger partial charge in [0.2, 0.25) is 11.8 Å². The average Bonchev–Trinajstić information content (AvgIpc) is 3.47. The van der Waals surface area contributed by atoms with Gasteiger partial charge in [0, 0.05) is 23.1 Å². The van der Waals surface area contributed by atoms with Crippen LogP contribution in [0.2, 0.25) is 0 Å². The number of nitrogens with zero attached hydrogens (tertiary/aromatic N) is 4. The second-order valence-corrected chi connectivity index (χ2v) is 12.6. The van der Waals surface area contributed by atoms with Gasteiger partial charge in [-0.2, -0.15) is 4.83 Å². The summed E-state index contributed by atoms with van der Waals surface area (Å²) in [5, 5.41) is 6.41. The van der Waals surface area contributed by atoms with Gasteiger partial charge in [0.15, 0.2) is 15.1 Å². The molecule has 2 aromatic carbocycles. The number of rotatable bonds is 9. The largest absolute Gasteiger partial charge is 0.759 e. The van der Waals surface area contributed by atoms with Crippen molar-refractivity contribution in [1.29, 1.82) is 0 Å². The Bertz CT molecular complexity index is 1680. The van der Waals surface area contributed by atoms with Crippen LogP contribution in [0.3, 0.4) is 0 Å². The average molecular weight is 598 g/mol. The molecule has 0 saturated carbocycles. The van der Waals surface area contributed by atoms with Crippen LogP contribution in [-0.2, 0) is 27.6 Å². The molecule has 1 aliphatic rings. The van der Waals surface area contributed by atoms with Crippen molar-refractivity contribution in [2.24, 2.45) is 0 Å². The Hall–Kier alpha value is -3.22. The van der Waals surface area contributed by atoms with Gasteiger partial charge in [-0.3, -0.25) is 9.00 Å². The maximum absolute atomic E-state index is 13.2. The number of likely N-dealkylation sites (tertiary alicyclic amines) is 1. The highest BCUT2D eigenvalue weighted by Crippen LogP contribution is 2.36. The second-order valence-electron chi connectivity index (χ2n) is 8.77. The molecule has 206 valence electrons. The third-order valence-electron chi connectivity index (χ3n) is 5.73. The molecule has 2 aromatic heterocycles. The highest BCUT2D eigenvalue weighted by Gasteiger charge is 2.46. The van der Waals surface area contributed by atoms with E-state index in [1.165, 1.54) is 0 Å². The monoisotopic (exact) mass is 597 g/mol. The smallest absolute Gasteiger partial charge is 0.282 e. The number of carbonyl (C=O) groups excluding carboxylic acids is 1. The van der Waals surface area contributed by atoms with Crippen LogP contribution in [0.15, 0.2) is 46.9 Å². The summed E-state index contributed by atoms with van der Waals surface area (Å²) in [5.74, 6) is -3.61. The van der Waals surface area contributed by atoms with E-state index < -0.39 is 51.3 Å². The van der Waals surface area contributed by atoms with E-state index in [0.29, 0.717) is 21.3 Å². The summed E-state index contributed by atoms with van der Waals surface area (Å²) < 4.78 is 79.0. The molecule has 0 bridgehead atoms. The zero-order valence-corrected chi connectivity index (χ0v) is 22.4.